The molecule has 0 fully saturated rings. The second kappa shape index (κ2) is 6.52. The van der Waals surface area contributed by atoms with Crippen LogP contribution in [0.5, 0.6) is 5.75 Å². The Bertz CT molecular complexity index is 839. The minimum absolute atomic E-state index is 0.0472. The zero-order chi connectivity index (χ0) is 16.2. The zero-order valence-electron chi connectivity index (χ0n) is 13.2. The molecule has 118 valence electrons. The van der Waals surface area contributed by atoms with Crippen LogP contribution < -0.4 is 10.1 Å². The van der Waals surface area contributed by atoms with Gasteiger partial charge in [0.05, 0.1) is 25.4 Å². The van der Waals surface area contributed by atoms with Gasteiger partial charge in [0.2, 0.25) is 5.91 Å². The Morgan fingerprint density at radius 3 is 2.96 bits per heavy atom. The summed E-state index contributed by atoms with van der Waals surface area (Å²) in [4.78, 5) is 12.1. The van der Waals surface area contributed by atoms with Crippen molar-refractivity contribution in [3.8, 4) is 5.75 Å². The number of benzene rings is 2. The van der Waals surface area contributed by atoms with Gasteiger partial charge in [0.25, 0.3) is 0 Å². The lowest BCUT2D eigenvalue weighted by Gasteiger charge is -2.07. The summed E-state index contributed by atoms with van der Waals surface area (Å²) >= 11 is 0. The van der Waals surface area contributed by atoms with E-state index in [1.54, 1.807) is 13.2 Å². The highest BCUT2D eigenvalue weighted by Gasteiger charge is 2.07. The van der Waals surface area contributed by atoms with Crippen LogP contribution in [0.25, 0.3) is 10.9 Å². The van der Waals surface area contributed by atoms with Gasteiger partial charge < -0.3 is 10.1 Å². The number of fused-ring (bicyclic) bond motifs is 1. The van der Waals surface area contributed by atoms with E-state index < -0.39 is 0 Å². The summed E-state index contributed by atoms with van der Waals surface area (Å²) < 4.78 is 7.01. The SMILES string of the molecule is COc1cccc(NC(=O)CCn2ncc3cc(C)ccc32)c1. The number of carbonyl (C=O) groups excluding carboxylic acids is 1. The van der Waals surface area contributed by atoms with Crippen LogP contribution in [0.3, 0.4) is 0 Å². The number of aromatic nitrogens is 2. The summed E-state index contributed by atoms with van der Waals surface area (Å²) in [6, 6.07) is 13.5. The van der Waals surface area contributed by atoms with Crippen molar-refractivity contribution in [2.24, 2.45) is 0 Å². The molecule has 1 amide bonds. The number of rotatable bonds is 5. The minimum atomic E-state index is -0.0472. The van der Waals surface area contributed by atoms with Crippen LogP contribution in [0.4, 0.5) is 5.69 Å². The van der Waals surface area contributed by atoms with Crippen LogP contribution >= 0.6 is 0 Å². The van der Waals surface area contributed by atoms with Gasteiger partial charge in [-0.2, -0.15) is 5.10 Å². The highest BCUT2D eigenvalue weighted by Crippen LogP contribution is 2.18. The van der Waals surface area contributed by atoms with Crippen LogP contribution in [0.1, 0.15) is 12.0 Å². The molecular weight excluding hydrogens is 290 g/mol. The number of nitrogens with one attached hydrogen (secondary N) is 1. The summed E-state index contributed by atoms with van der Waals surface area (Å²) in [5, 5.41) is 8.33. The van der Waals surface area contributed by atoms with E-state index in [1.165, 1.54) is 5.56 Å². The summed E-state index contributed by atoms with van der Waals surface area (Å²) in [6.07, 6.45) is 2.20. The third kappa shape index (κ3) is 3.51. The van der Waals surface area contributed by atoms with Crippen molar-refractivity contribution in [2.75, 3.05) is 12.4 Å². The highest BCUT2D eigenvalue weighted by atomic mass is 16.5. The monoisotopic (exact) mass is 309 g/mol. The largest absolute Gasteiger partial charge is 0.497 e. The van der Waals surface area contributed by atoms with Crippen LogP contribution in [0.15, 0.2) is 48.7 Å². The summed E-state index contributed by atoms with van der Waals surface area (Å²) in [5.41, 5.74) is 2.98. The number of hydrogen-bond donors (Lipinski definition) is 1. The number of ether oxygens (including phenoxy) is 1. The van der Waals surface area contributed by atoms with Gasteiger partial charge in [-0.05, 0) is 31.2 Å². The van der Waals surface area contributed by atoms with Crippen molar-refractivity contribution < 1.29 is 9.53 Å². The Kier molecular flexibility index (Phi) is 4.28. The topological polar surface area (TPSA) is 56.1 Å². The van der Waals surface area contributed by atoms with Gasteiger partial charge in [0.1, 0.15) is 5.75 Å². The van der Waals surface area contributed by atoms with Crippen molar-refractivity contribution in [1.82, 2.24) is 9.78 Å². The van der Waals surface area contributed by atoms with E-state index in [1.807, 2.05) is 35.1 Å². The molecule has 5 heteroatoms. The molecule has 0 aliphatic heterocycles. The molecule has 0 radical (unpaired) electrons. The average Bonchev–Trinajstić information content (AvgIpc) is 2.95. The smallest absolute Gasteiger partial charge is 0.226 e. The first-order valence-electron chi connectivity index (χ1n) is 7.52. The van der Waals surface area contributed by atoms with Crippen molar-refractivity contribution in [3.63, 3.8) is 0 Å². The Labute approximate surface area is 134 Å². The number of aryl methyl sites for hydroxylation is 2. The van der Waals surface area contributed by atoms with Gasteiger partial charge in [-0.25, -0.2) is 0 Å². The Hall–Kier alpha value is -2.82. The second-order valence-corrected chi connectivity index (χ2v) is 5.46. The van der Waals surface area contributed by atoms with Gasteiger partial charge >= 0.3 is 0 Å². The average molecular weight is 309 g/mol. The molecule has 0 aliphatic rings. The molecule has 1 N–H and O–H groups in total. The van der Waals surface area contributed by atoms with Crippen molar-refractivity contribution in [3.05, 3.63) is 54.2 Å². The number of amides is 1. The maximum absolute atomic E-state index is 12.1. The molecule has 1 heterocycles. The molecule has 0 spiro atoms. The lowest BCUT2D eigenvalue weighted by atomic mass is 10.2. The lowest BCUT2D eigenvalue weighted by molar-refractivity contribution is -0.116. The zero-order valence-corrected chi connectivity index (χ0v) is 13.2. The molecule has 3 rings (SSSR count). The Balaban J connectivity index is 1.63. The molecule has 0 atom stereocenters. The van der Waals surface area contributed by atoms with Crippen LogP contribution in [0, 0.1) is 6.92 Å². The Morgan fingerprint density at radius 1 is 1.26 bits per heavy atom. The van der Waals surface area contributed by atoms with Crippen molar-refractivity contribution in [2.45, 2.75) is 19.9 Å². The third-order valence-corrected chi connectivity index (χ3v) is 3.70. The summed E-state index contributed by atoms with van der Waals surface area (Å²) in [7, 11) is 1.60. The maximum atomic E-state index is 12.1. The predicted molar refractivity (Wildman–Crippen MR) is 90.7 cm³/mol. The van der Waals surface area contributed by atoms with Gasteiger partial charge in [-0.15, -0.1) is 0 Å². The van der Waals surface area contributed by atoms with Crippen molar-refractivity contribution >= 4 is 22.5 Å². The molecule has 0 bridgehead atoms. The molecule has 0 saturated carbocycles. The first kappa shape index (κ1) is 15.1. The van der Waals surface area contributed by atoms with E-state index in [0.29, 0.717) is 13.0 Å². The first-order chi connectivity index (χ1) is 11.2. The van der Waals surface area contributed by atoms with E-state index in [-0.39, 0.29) is 5.91 Å². The van der Waals surface area contributed by atoms with E-state index >= 15 is 0 Å². The van der Waals surface area contributed by atoms with Crippen molar-refractivity contribution in [1.29, 1.82) is 0 Å². The van der Waals surface area contributed by atoms with E-state index in [2.05, 4.69) is 29.5 Å². The van der Waals surface area contributed by atoms with Crippen LogP contribution in [0.2, 0.25) is 0 Å². The van der Waals surface area contributed by atoms with Crippen LogP contribution in [-0.2, 0) is 11.3 Å². The molecule has 2 aromatic carbocycles. The number of nitrogens with zero attached hydrogens (tertiary/aromatic N) is 2. The van der Waals surface area contributed by atoms with Gasteiger partial charge in [-0.3, -0.25) is 9.48 Å². The number of methoxy groups -OCH3 is 1. The van der Waals surface area contributed by atoms with Gasteiger partial charge in [0, 0.05) is 23.6 Å². The fourth-order valence-corrected chi connectivity index (χ4v) is 2.52. The first-order valence-corrected chi connectivity index (χ1v) is 7.52. The van der Waals surface area contributed by atoms with E-state index in [9.17, 15) is 4.79 Å². The summed E-state index contributed by atoms with van der Waals surface area (Å²) in [5.74, 6) is 0.672. The molecule has 5 nitrogen and oxygen atoms in total. The fraction of sp³-hybridized carbons (Fsp3) is 0.222. The predicted octanol–water partition coefficient (Wildman–Crippen LogP) is 3.38. The molecule has 0 saturated heterocycles. The quantitative estimate of drug-likeness (QED) is 0.786. The van der Waals surface area contributed by atoms with E-state index in [4.69, 9.17) is 4.74 Å². The molecule has 3 aromatic rings. The highest BCUT2D eigenvalue weighted by molar-refractivity contribution is 5.91. The lowest BCUT2D eigenvalue weighted by Crippen LogP contribution is -2.15. The number of carbonyl (C=O) groups is 1. The van der Waals surface area contributed by atoms with E-state index in [0.717, 1.165) is 22.3 Å². The number of anilines is 1. The standard InChI is InChI=1S/C18H19N3O2/c1-13-6-7-17-14(10-13)12-19-21(17)9-8-18(22)20-15-4-3-5-16(11-15)23-2/h3-7,10-12H,8-9H2,1-2H3,(H,20,22). The summed E-state index contributed by atoms with van der Waals surface area (Å²) in [6.45, 7) is 2.60. The Morgan fingerprint density at radius 2 is 2.13 bits per heavy atom. The molecule has 23 heavy (non-hydrogen) atoms. The van der Waals surface area contributed by atoms with Gasteiger partial charge in [-0.1, -0.05) is 17.7 Å². The molecular formula is C18H19N3O2. The normalized spacial score (nSPS) is 10.7. The fourth-order valence-electron chi connectivity index (χ4n) is 2.52. The van der Waals surface area contributed by atoms with Gasteiger partial charge in [0.15, 0.2) is 0 Å². The second-order valence-electron chi connectivity index (χ2n) is 5.46. The molecule has 1 aromatic heterocycles. The maximum Gasteiger partial charge on any atom is 0.226 e. The molecule has 0 aliphatic carbocycles. The minimum Gasteiger partial charge on any atom is -0.497 e. The third-order valence-electron chi connectivity index (χ3n) is 3.70. The number of hydrogen-bond acceptors (Lipinski definition) is 3. The molecule has 0 unspecified atom stereocenters. The van der Waals surface area contributed by atoms with Crippen LogP contribution in [-0.4, -0.2) is 22.8 Å².